The van der Waals surface area contributed by atoms with Gasteiger partial charge in [-0.2, -0.15) is 5.10 Å². The molecule has 0 saturated heterocycles. The molecule has 0 atom stereocenters. The van der Waals surface area contributed by atoms with Crippen LogP contribution in [0.4, 0.5) is 5.69 Å². The van der Waals surface area contributed by atoms with Crippen LogP contribution >= 0.6 is 0 Å². The summed E-state index contributed by atoms with van der Waals surface area (Å²) >= 11 is 0. The van der Waals surface area contributed by atoms with Crippen molar-refractivity contribution in [3.8, 4) is 5.69 Å². The second-order valence-electron chi connectivity index (χ2n) is 5.25. The Hall–Kier alpha value is -2.14. The fraction of sp³-hybridized carbons (Fsp3) is 0.333. The maximum atomic E-state index is 11.7. The SMILES string of the molecule is Cc1ccc(-n2cc(NC(=O)CN(C)C)cn2)c(C)c1. The fourth-order valence-electron chi connectivity index (χ4n) is 2.07. The molecule has 0 saturated carbocycles. The van der Waals surface area contributed by atoms with Crippen LogP contribution in [0.25, 0.3) is 5.69 Å². The normalized spacial score (nSPS) is 10.8. The monoisotopic (exact) mass is 272 g/mol. The number of nitrogens with one attached hydrogen (secondary N) is 1. The van der Waals surface area contributed by atoms with Gasteiger partial charge in [-0.3, -0.25) is 4.79 Å². The van der Waals surface area contributed by atoms with Gasteiger partial charge in [0.15, 0.2) is 0 Å². The zero-order chi connectivity index (χ0) is 14.7. The lowest BCUT2D eigenvalue weighted by molar-refractivity contribution is -0.116. The molecule has 5 heteroatoms. The summed E-state index contributed by atoms with van der Waals surface area (Å²) < 4.78 is 1.78. The van der Waals surface area contributed by atoms with Crippen LogP contribution in [0.2, 0.25) is 0 Å². The Morgan fingerprint density at radius 1 is 1.35 bits per heavy atom. The molecule has 5 nitrogen and oxygen atoms in total. The largest absolute Gasteiger partial charge is 0.322 e. The van der Waals surface area contributed by atoms with E-state index in [1.54, 1.807) is 10.9 Å². The highest BCUT2D eigenvalue weighted by atomic mass is 16.2. The maximum absolute atomic E-state index is 11.7. The van der Waals surface area contributed by atoms with Gasteiger partial charge >= 0.3 is 0 Å². The van der Waals surface area contributed by atoms with Gasteiger partial charge in [0.2, 0.25) is 5.91 Å². The second-order valence-corrected chi connectivity index (χ2v) is 5.25. The average Bonchev–Trinajstić information content (AvgIpc) is 2.75. The van der Waals surface area contributed by atoms with Crippen molar-refractivity contribution >= 4 is 11.6 Å². The molecule has 1 aromatic heterocycles. The van der Waals surface area contributed by atoms with Crippen LogP contribution < -0.4 is 5.32 Å². The Balaban J connectivity index is 2.14. The lowest BCUT2D eigenvalue weighted by atomic mass is 10.1. The molecule has 0 radical (unpaired) electrons. The highest BCUT2D eigenvalue weighted by Crippen LogP contribution is 2.17. The maximum Gasteiger partial charge on any atom is 0.238 e. The minimum Gasteiger partial charge on any atom is -0.322 e. The Morgan fingerprint density at radius 3 is 2.75 bits per heavy atom. The molecule has 1 heterocycles. The lowest BCUT2D eigenvalue weighted by Crippen LogP contribution is -2.26. The molecule has 2 rings (SSSR count). The number of carbonyl (C=O) groups is 1. The molecule has 0 aliphatic heterocycles. The summed E-state index contributed by atoms with van der Waals surface area (Å²) in [4.78, 5) is 13.5. The second kappa shape index (κ2) is 5.88. The number of aryl methyl sites for hydroxylation is 2. The molecule has 0 aliphatic carbocycles. The van der Waals surface area contributed by atoms with Crippen LogP contribution in [0, 0.1) is 13.8 Å². The number of hydrogen-bond acceptors (Lipinski definition) is 3. The lowest BCUT2D eigenvalue weighted by Gasteiger charge is -2.08. The standard InChI is InChI=1S/C15H20N4O/c1-11-5-6-14(12(2)7-11)19-9-13(8-16-19)17-15(20)10-18(3)4/h5-9H,10H2,1-4H3,(H,17,20). The van der Waals surface area contributed by atoms with Crippen molar-refractivity contribution in [3.63, 3.8) is 0 Å². The van der Waals surface area contributed by atoms with Crippen molar-refractivity contribution in [1.29, 1.82) is 0 Å². The molecule has 0 aliphatic rings. The van der Waals surface area contributed by atoms with Gasteiger partial charge in [-0.25, -0.2) is 4.68 Å². The smallest absolute Gasteiger partial charge is 0.238 e. The first kappa shape index (κ1) is 14.3. The Morgan fingerprint density at radius 2 is 2.10 bits per heavy atom. The molecule has 20 heavy (non-hydrogen) atoms. The zero-order valence-corrected chi connectivity index (χ0v) is 12.3. The third kappa shape index (κ3) is 3.45. The molecule has 1 N–H and O–H groups in total. The van der Waals surface area contributed by atoms with Crippen molar-refractivity contribution in [3.05, 3.63) is 41.7 Å². The molecule has 0 spiro atoms. The predicted octanol–water partition coefficient (Wildman–Crippen LogP) is 1.99. The summed E-state index contributed by atoms with van der Waals surface area (Å²) in [5, 5.41) is 7.13. The molecule has 1 amide bonds. The van der Waals surface area contributed by atoms with E-state index in [2.05, 4.69) is 23.4 Å². The highest BCUT2D eigenvalue weighted by Gasteiger charge is 2.07. The number of hydrogen-bond donors (Lipinski definition) is 1. The van der Waals surface area contributed by atoms with Gasteiger partial charge in [-0.1, -0.05) is 17.7 Å². The Kier molecular flexibility index (Phi) is 4.20. The summed E-state index contributed by atoms with van der Waals surface area (Å²) in [7, 11) is 3.72. The predicted molar refractivity (Wildman–Crippen MR) is 80.2 cm³/mol. The molecule has 0 fully saturated rings. The summed E-state index contributed by atoms with van der Waals surface area (Å²) in [6.45, 7) is 4.47. The molecule has 0 unspecified atom stereocenters. The Labute approximate surface area is 119 Å². The fourth-order valence-corrected chi connectivity index (χ4v) is 2.07. The first-order chi connectivity index (χ1) is 9.45. The molecule has 0 bridgehead atoms. The average molecular weight is 272 g/mol. The number of carbonyl (C=O) groups excluding carboxylic acids is 1. The summed E-state index contributed by atoms with van der Waals surface area (Å²) in [6, 6.07) is 6.19. The van der Waals surface area contributed by atoms with Crippen molar-refractivity contribution in [2.45, 2.75) is 13.8 Å². The van der Waals surface area contributed by atoms with Crippen molar-refractivity contribution in [1.82, 2.24) is 14.7 Å². The molecular formula is C15H20N4O. The van der Waals surface area contributed by atoms with Crippen molar-refractivity contribution in [2.75, 3.05) is 26.0 Å². The Bertz CT molecular complexity index is 616. The van der Waals surface area contributed by atoms with E-state index >= 15 is 0 Å². The number of amides is 1. The van der Waals surface area contributed by atoms with E-state index in [1.807, 2.05) is 44.2 Å². The number of rotatable bonds is 4. The van der Waals surface area contributed by atoms with Crippen LogP contribution in [-0.4, -0.2) is 41.2 Å². The minimum atomic E-state index is -0.0461. The quantitative estimate of drug-likeness (QED) is 0.926. The van der Waals surface area contributed by atoms with Gasteiger partial charge in [0.25, 0.3) is 0 Å². The minimum absolute atomic E-state index is 0.0461. The number of benzene rings is 1. The third-order valence-corrected chi connectivity index (χ3v) is 2.93. The van der Waals surface area contributed by atoms with Gasteiger partial charge in [-0.05, 0) is 39.6 Å². The summed E-state index contributed by atoms with van der Waals surface area (Å²) in [5.41, 5.74) is 4.10. The molecule has 2 aromatic rings. The van der Waals surface area contributed by atoms with E-state index in [9.17, 15) is 4.79 Å². The topological polar surface area (TPSA) is 50.2 Å². The van der Waals surface area contributed by atoms with Gasteiger partial charge in [0.1, 0.15) is 0 Å². The number of nitrogens with zero attached hydrogens (tertiary/aromatic N) is 3. The first-order valence-electron chi connectivity index (χ1n) is 6.52. The van der Waals surface area contributed by atoms with E-state index in [1.165, 1.54) is 5.56 Å². The van der Waals surface area contributed by atoms with Crippen molar-refractivity contribution < 1.29 is 4.79 Å². The summed E-state index contributed by atoms with van der Waals surface area (Å²) in [5.74, 6) is -0.0461. The van der Waals surface area contributed by atoms with Crippen LogP contribution in [-0.2, 0) is 4.79 Å². The van der Waals surface area contributed by atoms with Crippen LogP contribution in [0.5, 0.6) is 0 Å². The van der Waals surface area contributed by atoms with E-state index in [4.69, 9.17) is 0 Å². The van der Waals surface area contributed by atoms with E-state index in [-0.39, 0.29) is 5.91 Å². The van der Waals surface area contributed by atoms with Crippen molar-refractivity contribution in [2.24, 2.45) is 0 Å². The first-order valence-corrected chi connectivity index (χ1v) is 6.52. The van der Waals surface area contributed by atoms with Gasteiger partial charge in [-0.15, -0.1) is 0 Å². The van der Waals surface area contributed by atoms with Crippen LogP contribution in [0.1, 0.15) is 11.1 Å². The zero-order valence-electron chi connectivity index (χ0n) is 12.3. The van der Waals surface area contributed by atoms with E-state index in [0.29, 0.717) is 12.2 Å². The molecule has 106 valence electrons. The number of likely N-dealkylation sites (N-methyl/N-ethyl adjacent to an activating group) is 1. The summed E-state index contributed by atoms with van der Waals surface area (Å²) in [6.07, 6.45) is 3.48. The van der Waals surface area contributed by atoms with Gasteiger partial charge in [0.05, 0.1) is 30.3 Å². The molecular weight excluding hydrogens is 252 g/mol. The van der Waals surface area contributed by atoms with E-state index < -0.39 is 0 Å². The third-order valence-electron chi connectivity index (χ3n) is 2.93. The van der Waals surface area contributed by atoms with Crippen LogP contribution in [0.15, 0.2) is 30.6 Å². The van der Waals surface area contributed by atoms with Gasteiger partial charge in [0, 0.05) is 0 Å². The van der Waals surface area contributed by atoms with Gasteiger partial charge < -0.3 is 10.2 Å². The number of anilines is 1. The van der Waals surface area contributed by atoms with E-state index in [0.717, 1.165) is 11.3 Å². The number of aromatic nitrogens is 2. The molecule has 1 aromatic carbocycles. The highest BCUT2D eigenvalue weighted by molar-refractivity contribution is 5.91. The van der Waals surface area contributed by atoms with Crippen LogP contribution in [0.3, 0.4) is 0 Å².